The van der Waals surface area contributed by atoms with Crippen molar-refractivity contribution in [3.63, 3.8) is 0 Å². The monoisotopic (exact) mass is 287 g/mol. The summed E-state index contributed by atoms with van der Waals surface area (Å²) in [5.74, 6) is 2.22. The zero-order valence-electron chi connectivity index (χ0n) is 9.93. The van der Waals surface area contributed by atoms with Crippen LogP contribution in [0.4, 0.5) is 11.4 Å². The van der Waals surface area contributed by atoms with Crippen molar-refractivity contribution < 1.29 is 8.42 Å². The average molecular weight is 287 g/mol. The SMILES string of the molecule is Nc1cc(NC2CCCSC2)cc(S(N)(=O)=O)c1. The third kappa shape index (κ3) is 3.54. The van der Waals surface area contributed by atoms with Crippen LogP contribution in [0, 0.1) is 0 Å². The standard InChI is InChI=1S/C11H17N3O2S2/c12-8-4-10(6-11(5-8)18(13,15)16)14-9-2-1-3-17-7-9/h4-6,9,14H,1-3,7,12H2,(H2,13,15,16). The van der Waals surface area contributed by atoms with E-state index in [9.17, 15) is 8.42 Å². The number of thioether (sulfide) groups is 1. The highest BCUT2D eigenvalue weighted by Gasteiger charge is 2.15. The molecular weight excluding hydrogens is 270 g/mol. The van der Waals surface area contributed by atoms with Crippen LogP contribution in [0.1, 0.15) is 12.8 Å². The van der Waals surface area contributed by atoms with Crippen LogP contribution >= 0.6 is 11.8 Å². The molecular formula is C11H17N3O2S2. The zero-order chi connectivity index (χ0) is 13.2. The Balaban J connectivity index is 2.20. The second-order valence-electron chi connectivity index (χ2n) is 4.39. The number of benzene rings is 1. The number of primary sulfonamides is 1. The van der Waals surface area contributed by atoms with Gasteiger partial charge in [-0.3, -0.25) is 0 Å². The Labute approximate surface area is 111 Å². The van der Waals surface area contributed by atoms with Gasteiger partial charge in [0.15, 0.2) is 0 Å². The smallest absolute Gasteiger partial charge is 0.238 e. The Hall–Kier alpha value is -0.920. The van der Waals surface area contributed by atoms with Gasteiger partial charge in [-0.05, 0) is 36.8 Å². The lowest BCUT2D eigenvalue weighted by Gasteiger charge is -2.23. The fraction of sp³-hybridized carbons (Fsp3) is 0.455. The van der Waals surface area contributed by atoms with Gasteiger partial charge in [-0.15, -0.1) is 0 Å². The molecule has 1 aromatic rings. The number of anilines is 2. The first-order valence-corrected chi connectivity index (χ1v) is 8.43. The van der Waals surface area contributed by atoms with E-state index in [2.05, 4.69) is 5.32 Å². The molecule has 2 rings (SSSR count). The average Bonchev–Trinajstić information content (AvgIpc) is 2.28. The van der Waals surface area contributed by atoms with E-state index in [-0.39, 0.29) is 4.90 Å². The van der Waals surface area contributed by atoms with E-state index >= 15 is 0 Å². The molecule has 100 valence electrons. The topological polar surface area (TPSA) is 98.2 Å². The molecule has 5 nitrogen and oxygen atoms in total. The lowest BCUT2D eigenvalue weighted by molar-refractivity contribution is 0.598. The van der Waals surface area contributed by atoms with Crippen molar-refractivity contribution in [3.8, 4) is 0 Å². The van der Waals surface area contributed by atoms with Gasteiger partial charge in [0.1, 0.15) is 0 Å². The van der Waals surface area contributed by atoms with Crippen LogP contribution in [-0.2, 0) is 10.0 Å². The molecule has 1 aromatic carbocycles. The van der Waals surface area contributed by atoms with Crippen molar-refractivity contribution in [3.05, 3.63) is 18.2 Å². The normalized spacial score (nSPS) is 20.6. The van der Waals surface area contributed by atoms with E-state index in [1.807, 2.05) is 11.8 Å². The van der Waals surface area contributed by atoms with Gasteiger partial charge in [0, 0.05) is 23.2 Å². The number of nitrogen functional groups attached to an aromatic ring is 1. The first kappa shape index (κ1) is 13.5. The van der Waals surface area contributed by atoms with Crippen LogP contribution in [0.2, 0.25) is 0 Å². The molecule has 0 spiro atoms. The molecule has 1 atom stereocenters. The number of nitrogens with one attached hydrogen (secondary N) is 1. The molecule has 0 aromatic heterocycles. The van der Waals surface area contributed by atoms with Crippen molar-refractivity contribution in [2.45, 2.75) is 23.8 Å². The van der Waals surface area contributed by atoms with Gasteiger partial charge in [0.2, 0.25) is 10.0 Å². The molecule has 0 saturated carbocycles. The van der Waals surface area contributed by atoms with Crippen LogP contribution in [0.15, 0.2) is 23.1 Å². The number of hydrogen-bond donors (Lipinski definition) is 3. The third-order valence-corrected chi connectivity index (χ3v) is 4.90. The minimum absolute atomic E-state index is 0.0495. The summed E-state index contributed by atoms with van der Waals surface area (Å²) in [6, 6.07) is 4.99. The Morgan fingerprint density at radius 3 is 2.72 bits per heavy atom. The molecule has 1 aliphatic rings. The minimum atomic E-state index is -3.71. The van der Waals surface area contributed by atoms with Crippen LogP contribution in [0.5, 0.6) is 0 Å². The molecule has 1 saturated heterocycles. The predicted octanol–water partition coefficient (Wildman–Crippen LogP) is 1.22. The van der Waals surface area contributed by atoms with Gasteiger partial charge in [-0.25, -0.2) is 13.6 Å². The quantitative estimate of drug-likeness (QED) is 0.726. The first-order chi connectivity index (χ1) is 8.45. The van der Waals surface area contributed by atoms with Gasteiger partial charge in [-0.1, -0.05) is 0 Å². The molecule has 18 heavy (non-hydrogen) atoms. The molecule has 0 radical (unpaired) electrons. The van der Waals surface area contributed by atoms with Crippen LogP contribution < -0.4 is 16.2 Å². The minimum Gasteiger partial charge on any atom is -0.399 e. The van der Waals surface area contributed by atoms with Crippen LogP contribution in [-0.4, -0.2) is 26.0 Å². The summed E-state index contributed by atoms with van der Waals surface area (Å²) in [6.07, 6.45) is 2.26. The number of sulfonamides is 1. The van der Waals surface area contributed by atoms with E-state index in [1.54, 1.807) is 6.07 Å². The fourth-order valence-corrected chi connectivity index (χ4v) is 3.62. The fourth-order valence-electron chi connectivity index (χ4n) is 1.96. The van der Waals surface area contributed by atoms with Crippen LogP contribution in [0.25, 0.3) is 0 Å². The molecule has 7 heteroatoms. The summed E-state index contributed by atoms with van der Waals surface area (Å²) in [6.45, 7) is 0. The van der Waals surface area contributed by atoms with Crippen molar-refractivity contribution >= 4 is 33.2 Å². The summed E-state index contributed by atoms with van der Waals surface area (Å²) in [7, 11) is -3.71. The van der Waals surface area contributed by atoms with Crippen LogP contribution in [0.3, 0.4) is 0 Å². The highest BCUT2D eigenvalue weighted by atomic mass is 32.2. The lowest BCUT2D eigenvalue weighted by Crippen LogP contribution is -2.26. The Kier molecular flexibility index (Phi) is 4.04. The van der Waals surface area contributed by atoms with E-state index in [0.29, 0.717) is 17.4 Å². The summed E-state index contributed by atoms with van der Waals surface area (Å²) in [5, 5.41) is 8.43. The third-order valence-electron chi connectivity index (χ3n) is 2.79. The largest absolute Gasteiger partial charge is 0.399 e. The lowest BCUT2D eigenvalue weighted by atomic mass is 10.1. The van der Waals surface area contributed by atoms with E-state index in [0.717, 1.165) is 12.2 Å². The Morgan fingerprint density at radius 2 is 2.11 bits per heavy atom. The molecule has 0 amide bonds. The summed E-state index contributed by atoms with van der Waals surface area (Å²) < 4.78 is 22.6. The number of rotatable bonds is 3. The Bertz CT molecular complexity index is 525. The predicted molar refractivity (Wildman–Crippen MR) is 76.2 cm³/mol. The van der Waals surface area contributed by atoms with Gasteiger partial charge in [-0.2, -0.15) is 11.8 Å². The number of nitrogens with two attached hydrogens (primary N) is 2. The summed E-state index contributed by atoms with van der Waals surface area (Å²) >= 11 is 1.90. The van der Waals surface area contributed by atoms with Gasteiger partial charge < -0.3 is 11.1 Å². The second kappa shape index (κ2) is 5.38. The van der Waals surface area contributed by atoms with Gasteiger partial charge in [0.25, 0.3) is 0 Å². The van der Waals surface area contributed by atoms with Gasteiger partial charge >= 0.3 is 0 Å². The molecule has 0 aliphatic carbocycles. The zero-order valence-corrected chi connectivity index (χ0v) is 11.6. The van der Waals surface area contributed by atoms with Crippen molar-refractivity contribution in [1.82, 2.24) is 0 Å². The highest BCUT2D eigenvalue weighted by molar-refractivity contribution is 7.99. The van der Waals surface area contributed by atoms with E-state index < -0.39 is 10.0 Å². The maximum Gasteiger partial charge on any atom is 0.238 e. The molecule has 1 aliphatic heterocycles. The molecule has 5 N–H and O–H groups in total. The first-order valence-electron chi connectivity index (χ1n) is 5.73. The maximum absolute atomic E-state index is 11.3. The molecule has 1 unspecified atom stereocenters. The van der Waals surface area contributed by atoms with E-state index in [1.165, 1.54) is 24.3 Å². The maximum atomic E-state index is 11.3. The van der Waals surface area contributed by atoms with Crippen molar-refractivity contribution in [1.29, 1.82) is 0 Å². The van der Waals surface area contributed by atoms with E-state index in [4.69, 9.17) is 10.9 Å². The van der Waals surface area contributed by atoms with Crippen molar-refractivity contribution in [2.75, 3.05) is 22.6 Å². The highest BCUT2D eigenvalue weighted by Crippen LogP contribution is 2.24. The summed E-state index contributed by atoms with van der Waals surface area (Å²) in [4.78, 5) is 0.0495. The second-order valence-corrected chi connectivity index (χ2v) is 7.11. The molecule has 1 fully saturated rings. The molecule has 1 heterocycles. The number of hydrogen-bond acceptors (Lipinski definition) is 5. The summed E-state index contributed by atoms with van der Waals surface area (Å²) in [5.41, 5.74) is 6.81. The van der Waals surface area contributed by atoms with Gasteiger partial charge in [0.05, 0.1) is 4.90 Å². The Morgan fingerprint density at radius 1 is 1.33 bits per heavy atom. The van der Waals surface area contributed by atoms with Crippen molar-refractivity contribution in [2.24, 2.45) is 5.14 Å². The molecule has 0 bridgehead atoms.